The van der Waals surface area contributed by atoms with Gasteiger partial charge in [0.1, 0.15) is 0 Å². The maximum absolute atomic E-state index is 11.9. The lowest BCUT2D eigenvalue weighted by Crippen LogP contribution is -2.21. The van der Waals surface area contributed by atoms with Crippen LogP contribution in [0.25, 0.3) is 16.8 Å². The van der Waals surface area contributed by atoms with Crippen molar-refractivity contribution in [3.8, 4) is 0 Å². The van der Waals surface area contributed by atoms with Gasteiger partial charge in [0.25, 0.3) is 0 Å². The summed E-state index contributed by atoms with van der Waals surface area (Å²) in [6, 6.07) is 14.2. The number of unbranched alkanes of at least 4 members (excludes halogenated alkanes) is 3. The van der Waals surface area contributed by atoms with Gasteiger partial charge < -0.3 is 10.1 Å². The zero-order chi connectivity index (χ0) is 17.9. The van der Waals surface area contributed by atoms with Crippen molar-refractivity contribution >= 4 is 28.7 Å². The fourth-order valence-corrected chi connectivity index (χ4v) is 2.68. The second-order valence-corrected chi connectivity index (χ2v) is 5.93. The third kappa shape index (κ3) is 6.42. The van der Waals surface area contributed by atoms with Crippen molar-refractivity contribution < 1.29 is 14.3 Å². The van der Waals surface area contributed by atoms with Gasteiger partial charge in [0.2, 0.25) is 5.91 Å². The van der Waals surface area contributed by atoms with Gasteiger partial charge in [-0.3, -0.25) is 9.59 Å². The molecular weight excluding hydrogens is 314 g/mol. The second kappa shape index (κ2) is 10.3. The van der Waals surface area contributed by atoms with Crippen LogP contribution < -0.4 is 5.32 Å². The Labute approximate surface area is 148 Å². The highest BCUT2D eigenvalue weighted by molar-refractivity contribution is 5.96. The normalized spacial score (nSPS) is 10.9. The van der Waals surface area contributed by atoms with Crippen LogP contribution in [0.2, 0.25) is 0 Å². The molecule has 0 saturated carbocycles. The molecule has 4 heteroatoms. The average Bonchev–Trinajstić information content (AvgIpc) is 2.65. The Kier molecular flexibility index (Phi) is 7.70. The summed E-state index contributed by atoms with van der Waals surface area (Å²) in [6.07, 6.45) is 7.61. The first-order valence-electron chi connectivity index (χ1n) is 8.71. The molecule has 0 heterocycles. The predicted octanol–water partition coefficient (Wildman–Crippen LogP) is 4.09. The number of carbonyl (C=O) groups excluding carboxylic acids is 2. The van der Waals surface area contributed by atoms with Gasteiger partial charge in [-0.1, -0.05) is 55.3 Å². The molecule has 1 amide bonds. The number of nitrogens with one attached hydrogen (secondary N) is 1. The Morgan fingerprint density at radius 1 is 1.00 bits per heavy atom. The van der Waals surface area contributed by atoms with Gasteiger partial charge in [0.05, 0.1) is 7.11 Å². The first-order valence-corrected chi connectivity index (χ1v) is 8.71. The highest BCUT2D eigenvalue weighted by Gasteiger charge is 2.00. The molecule has 2 rings (SSSR count). The highest BCUT2D eigenvalue weighted by atomic mass is 16.5. The smallest absolute Gasteiger partial charge is 0.305 e. The molecule has 25 heavy (non-hydrogen) atoms. The number of hydrogen-bond donors (Lipinski definition) is 1. The summed E-state index contributed by atoms with van der Waals surface area (Å²) in [5, 5.41) is 5.20. The Balaban J connectivity index is 1.70. The van der Waals surface area contributed by atoms with Crippen molar-refractivity contribution in [1.82, 2.24) is 5.32 Å². The van der Waals surface area contributed by atoms with Crippen LogP contribution in [0.1, 0.15) is 37.7 Å². The fraction of sp³-hybridized carbons (Fsp3) is 0.333. The molecule has 132 valence electrons. The van der Waals surface area contributed by atoms with Crippen molar-refractivity contribution in [2.24, 2.45) is 0 Å². The molecule has 0 fully saturated rings. The van der Waals surface area contributed by atoms with Gasteiger partial charge in [0.15, 0.2) is 0 Å². The fourth-order valence-electron chi connectivity index (χ4n) is 2.68. The van der Waals surface area contributed by atoms with E-state index < -0.39 is 0 Å². The molecule has 0 aliphatic rings. The van der Waals surface area contributed by atoms with Gasteiger partial charge in [-0.05, 0) is 35.3 Å². The molecule has 0 atom stereocenters. The van der Waals surface area contributed by atoms with Crippen molar-refractivity contribution in [3.05, 3.63) is 54.1 Å². The van der Waals surface area contributed by atoms with Crippen LogP contribution >= 0.6 is 0 Å². The predicted molar refractivity (Wildman–Crippen MR) is 101 cm³/mol. The van der Waals surface area contributed by atoms with Gasteiger partial charge in [0, 0.05) is 19.0 Å². The summed E-state index contributed by atoms with van der Waals surface area (Å²) in [7, 11) is 1.41. The molecule has 1 N–H and O–H groups in total. The zero-order valence-electron chi connectivity index (χ0n) is 14.7. The molecular formula is C21H25NO3. The lowest BCUT2D eigenvalue weighted by molar-refractivity contribution is -0.140. The number of hydrogen-bond acceptors (Lipinski definition) is 3. The van der Waals surface area contributed by atoms with Crippen molar-refractivity contribution in [1.29, 1.82) is 0 Å². The minimum absolute atomic E-state index is 0.0810. The van der Waals surface area contributed by atoms with Crippen LogP contribution in [0, 0.1) is 0 Å². The summed E-state index contributed by atoms with van der Waals surface area (Å²) in [6.45, 7) is 0.650. The zero-order valence-corrected chi connectivity index (χ0v) is 14.7. The van der Waals surface area contributed by atoms with E-state index in [4.69, 9.17) is 0 Å². The summed E-state index contributed by atoms with van der Waals surface area (Å²) >= 11 is 0. The monoisotopic (exact) mass is 339 g/mol. The molecule has 0 radical (unpaired) electrons. The number of esters is 1. The Morgan fingerprint density at radius 2 is 1.76 bits per heavy atom. The quantitative estimate of drug-likeness (QED) is 0.425. The van der Waals surface area contributed by atoms with Gasteiger partial charge >= 0.3 is 5.97 Å². The number of benzene rings is 2. The molecule has 0 aliphatic heterocycles. The third-order valence-corrected chi connectivity index (χ3v) is 4.07. The van der Waals surface area contributed by atoms with Crippen molar-refractivity contribution in [2.45, 2.75) is 32.1 Å². The van der Waals surface area contributed by atoms with Crippen LogP contribution in [-0.2, 0) is 14.3 Å². The maximum Gasteiger partial charge on any atom is 0.305 e. The van der Waals surface area contributed by atoms with E-state index in [1.54, 1.807) is 6.08 Å². The minimum Gasteiger partial charge on any atom is -0.469 e. The van der Waals surface area contributed by atoms with Crippen LogP contribution in [-0.4, -0.2) is 25.5 Å². The largest absolute Gasteiger partial charge is 0.469 e. The Bertz CT molecular complexity index is 732. The molecule has 0 aliphatic carbocycles. The number of carbonyl (C=O) groups is 2. The average molecular weight is 339 g/mol. The highest BCUT2D eigenvalue weighted by Crippen LogP contribution is 2.19. The minimum atomic E-state index is -0.160. The maximum atomic E-state index is 11.9. The van der Waals surface area contributed by atoms with Crippen molar-refractivity contribution in [3.63, 3.8) is 0 Å². The Hall–Kier alpha value is -2.62. The molecule has 0 saturated heterocycles. The van der Waals surface area contributed by atoms with E-state index in [2.05, 4.69) is 28.3 Å². The van der Waals surface area contributed by atoms with Crippen LogP contribution in [0.15, 0.2) is 48.5 Å². The molecule has 0 spiro atoms. The Morgan fingerprint density at radius 3 is 2.60 bits per heavy atom. The van der Waals surface area contributed by atoms with Gasteiger partial charge in [-0.2, -0.15) is 0 Å². The number of ether oxygens (including phenoxy) is 1. The first-order chi connectivity index (χ1) is 12.2. The molecule has 0 aromatic heterocycles. The molecule has 4 nitrogen and oxygen atoms in total. The molecule has 0 bridgehead atoms. The van der Waals surface area contributed by atoms with Crippen LogP contribution in [0.3, 0.4) is 0 Å². The van der Waals surface area contributed by atoms with Crippen LogP contribution in [0.4, 0.5) is 0 Å². The van der Waals surface area contributed by atoms with E-state index in [0.29, 0.717) is 13.0 Å². The number of methoxy groups -OCH3 is 1. The second-order valence-electron chi connectivity index (χ2n) is 5.93. The lowest BCUT2D eigenvalue weighted by Gasteiger charge is -2.03. The molecule has 2 aromatic carbocycles. The van der Waals surface area contributed by atoms with E-state index in [1.165, 1.54) is 7.11 Å². The molecule has 2 aromatic rings. The first kappa shape index (κ1) is 18.7. The number of fused-ring (bicyclic) bond motifs is 1. The SMILES string of the molecule is COC(=O)CCCCCCNC(=O)/C=C/c1cccc2ccccc12. The van der Waals surface area contributed by atoms with Gasteiger partial charge in [-0.25, -0.2) is 0 Å². The third-order valence-electron chi connectivity index (χ3n) is 4.07. The van der Waals surface area contributed by atoms with Crippen LogP contribution in [0.5, 0.6) is 0 Å². The van der Waals surface area contributed by atoms with E-state index >= 15 is 0 Å². The standard InChI is InChI=1S/C21H25NO3/c1-25-21(24)13-4-2-3-7-16-22-20(23)15-14-18-11-8-10-17-9-5-6-12-19(17)18/h5-6,8-12,14-15H,2-4,7,13,16H2,1H3,(H,22,23)/b15-14+. The number of amides is 1. The topological polar surface area (TPSA) is 55.4 Å². The summed E-state index contributed by atoms with van der Waals surface area (Å²) < 4.78 is 4.60. The summed E-state index contributed by atoms with van der Waals surface area (Å²) in [4.78, 5) is 22.9. The van der Waals surface area contributed by atoms with Gasteiger partial charge in [-0.15, -0.1) is 0 Å². The summed E-state index contributed by atoms with van der Waals surface area (Å²) in [5.41, 5.74) is 1.04. The summed E-state index contributed by atoms with van der Waals surface area (Å²) in [5.74, 6) is -0.241. The van der Waals surface area contributed by atoms with E-state index in [0.717, 1.165) is 42.0 Å². The number of rotatable bonds is 9. The lowest BCUT2D eigenvalue weighted by atomic mass is 10.0. The van der Waals surface area contributed by atoms with E-state index in [1.807, 2.05) is 30.3 Å². The van der Waals surface area contributed by atoms with E-state index in [9.17, 15) is 9.59 Å². The van der Waals surface area contributed by atoms with E-state index in [-0.39, 0.29) is 11.9 Å². The molecule has 0 unspecified atom stereocenters. The van der Waals surface area contributed by atoms with Crippen molar-refractivity contribution in [2.75, 3.05) is 13.7 Å².